The Hall–Kier alpha value is -4.96. The van der Waals surface area contributed by atoms with Gasteiger partial charge in [-0.05, 0) is 183 Å². The summed E-state index contributed by atoms with van der Waals surface area (Å²) >= 11 is 0. The molecule has 0 radical (unpaired) electrons. The molecule has 3 aliphatic carbocycles. The fraction of sp³-hybridized carbons (Fsp3) is 0.429. The summed E-state index contributed by atoms with van der Waals surface area (Å²) in [5, 5.41) is 0. The lowest BCUT2D eigenvalue weighted by Crippen LogP contribution is -2.06. The predicted molar refractivity (Wildman–Crippen MR) is 254 cm³/mol. The highest BCUT2D eigenvalue weighted by molar-refractivity contribution is 5.61. The van der Waals surface area contributed by atoms with E-state index < -0.39 is 0 Å². The van der Waals surface area contributed by atoms with Crippen molar-refractivity contribution in [2.45, 2.75) is 138 Å². The maximum Gasteiger partial charge on any atom is 0.159 e. The van der Waals surface area contributed by atoms with Crippen molar-refractivity contribution in [3.8, 4) is 22.5 Å². The second kappa shape index (κ2) is 23.1. The highest BCUT2D eigenvalue weighted by Crippen LogP contribution is 2.30. The molecular weight excluding hydrogens is 729 g/mol. The molecular formula is C56H70N4. The monoisotopic (exact) mass is 799 g/mol. The minimum Gasteiger partial charge on any atom is -0.241 e. The molecule has 5 aromatic rings. The molecule has 8 rings (SSSR count). The number of aryl methyl sites for hydroxylation is 6. The minimum atomic E-state index is 0.810. The van der Waals surface area contributed by atoms with Gasteiger partial charge in [-0.25, -0.2) is 19.9 Å². The smallest absolute Gasteiger partial charge is 0.159 e. The second-order valence-corrected chi connectivity index (χ2v) is 18.2. The highest BCUT2D eigenvalue weighted by atomic mass is 14.9. The van der Waals surface area contributed by atoms with E-state index in [0.29, 0.717) is 0 Å². The van der Waals surface area contributed by atoms with Crippen LogP contribution in [0.2, 0.25) is 0 Å². The molecule has 0 N–H and O–H groups in total. The van der Waals surface area contributed by atoms with Crippen LogP contribution in [0.5, 0.6) is 0 Å². The highest BCUT2D eigenvalue weighted by Gasteiger charge is 2.15. The van der Waals surface area contributed by atoms with Crippen LogP contribution < -0.4 is 0 Å². The fourth-order valence-corrected chi connectivity index (χ4v) is 8.48. The minimum absolute atomic E-state index is 0.810. The van der Waals surface area contributed by atoms with Crippen LogP contribution in [0.1, 0.15) is 131 Å². The zero-order chi connectivity index (χ0) is 42.1. The number of aromatic nitrogens is 4. The van der Waals surface area contributed by atoms with Crippen molar-refractivity contribution in [3.05, 3.63) is 166 Å². The maximum atomic E-state index is 4.39. The molecule has 0 saturated carbocycles. The third kappa shape index (κ3) is 14.9. The van der Waals surface area contributed by atoms with Crippen LogP contribution in [0.25, 0.3) is 22.5 Å². The molecule has 0 amide bonds. The Morgan fingerprint density at radius 1 is 0.400 bits per heavy atom. The molecule has 3 unspecified atom stereocenters. The summed E-state index contributed by atoms with van der Waals surface area (Å²) in [5.41, 5.74) is 14.9. The van der Waals surface area contributed by atoms with Crippen molar-refractivity contribution in [2.24, 2.45) is 17.8 Å². The van der Waals surface area contributed by atoms with Crippen molar-refractivity contribution >= 4 is 0 Å². The van der Waals surface area contributed by atoms with Gasteiger partial charge in [0.2, 0.25) is 0 Å². The topological polar surface area (TPSA) is 51.6 Å². The first-order valence-electron chi connectivity index (χ1n) is 22.9. The van der Waals surface area contributed by atoms with Crippen molar-refractivity contribution < 1.29 is 0 Å². The molecule has 4 nitrogen and oxygen atoms in total. The quantitative estimate of drug-likeness (QED) is 0.125. The van der Waals surface area contributed by atoms with E-state index in [9.17, 15) is 0 Å². The van der Waals surface area contributed by atoms with Gasteiger partial charge in [0.25, 0.3) is 0 Å². The molecule has 0 saturated heterocycles. The maximum absolute atomic E-state index is 4.39. The molecule has 0 bridgehead atoms. The molecule has 0 aliphatic heterocycles. The number of hydrogen-bond acceptors (Lipinski definition) is 4. The van der Waals surface area contributed by atoms with Gasteiger partial charge in [-0.15, -0.1) is 0 Å². The van der Waals surface area contributed by atoms with E-state index in [4.69, 9.17) is 0 Å². The predicted octanol–water partition coefficient (Wildman–Crippen LogP) is 14.9. The number of rotatable bonds is 11. The van der Waals surface area contributed by atoms with Crippen LogP contribution in [-0.4, -0.2) is 19.9 Å². The van der Waals surface area contributed by atoms with E-state index in [2.05, 4.69) is 139 Å². The van der Waals surface area contributed by atoms with Gasteiger partial charge in [-0.2, -0.15) is 0 Å². The molecule has 314 valence electrons. The van der Waals surface area contributed by atoms with Crippen molar-refractivity contribution in [1.29, 1.82) is 0 Å². The number of nitrogens with zero attached hydrogens (tertiary/aromatic N) is 4. The zero-order valence-electron chi connectivity index (χ0n) is 37.6. The molecule has 2 aromatic heterocycles. The van der Waals surface area contributed by atoms with Gasteiger partial charge in [0.15, 0.2) is 5.82 Å². The van der Waals surface area contributed by atoms with Gasteiger partial charge in [0.05, 0.1) is 0 Å². The second-order valence-electron chi connectivity index (χ2n) is 18.2. The van der Waals surface area contributed by atoms with Crippen LogP contribution in [0, 0.1) is 38.5 Å². The van der Waals surface area contributed by atoms with Gasteiger partial charge in [0.1, 0.15) is 5.82 Å². The summed E-state index contributed by atoms with van der Waals surface area (Å²) < 4.78 is 0. The normalized spacial score (nSPS) is 18.8. The van der Waals surface area contributed by atoms with Crippen LogP contribution in [0.3, 0.4) is 0 Å². The van der Waals surface area contributed by atoms with E-state index in [0.717, 1.165) is 46.1 Å². The van der Waals surface area contributed by atoms with Gasteiger partial charge in [0, 0.05) is 35.9 Å². The Labute approximate surface area is 362 Å². The first-order valence-corrected chi connectivity index (χ1v) is 22.9. The van der Waals surface area contributed by atoms with Crippen molar-refractivity contribution in [1.82, 2.24) is 19.9 Å². The van der Waals surface area contributed by atoms with E-state index >= 15 is 0 Å². The summed E-state index contributed by atoms with van der Waals surface area (Å²) in [5.74, 6) is 4.28. The summed E-state index contributed by atoms with van der Waals surface area (Å²) in [7, 11) is 0. The van der Waals surface area contributed by atoms with Gasteiger partial charge in [-0.1, -0.05) is 113 Å². The first-order chi connectivity index (χ1) is 29.1. The number of hydrogen-bond donors (Lipinski definition) is 0. The van der Waals surface area contributed by atoms with E-state index in [1.807, 2.05) is 38.6 Å². The van der Waals surface area contributed by atoms with Crippen LogP contribution in [0.15, 0.2) is 133 Å². The molecule has 2 heterocycles. The molecule has 0 spiro atoms. The Morgan fingerprint density at radius 2 is 0.783 bits per heavy atom. The van der Waals surface area contributed by atoms with Gasteiger partial charge >= 0.3 is 0 Å². The Bertz CT molecular complexity index is 2000. The summed E-state index contributed by atoms with van der Waals surface area (Å²) in [6, 6.07) is 26.6. The summed E-state index contributed by atoms with van der Waals surface area (Å²) in [4.78, 5) is 17.3. The zero-order valence-corrected chi connectivity index (χ0v) is 37.6. The lowest BCUT2D eigenvalue weighted by molar-refractivity contribution is 0.437. The first kappa shape index (κ1) is 44.6. The average Bonchev–Trinajstić information content (AvgIpc) is 3.28. The Kier molecular flexibility index (Phi) is 17.2. The summed E-state index contributed by atoms with van der Waals surface area (Å²) in [6.07, 6.45) is 34.2. The van der Waals surface area contributed by atoms with Gasteiger partial charge < -0.3 is 0 Å². The standard InChI is InChI=1S/2C20H24N2.C16H22/c1-15-3-5-17(6-4-15)7-8-18-9-11-19(12-10-18)20-13-21-16(2)22-14-20;1-15-3-5-17(6-4-15)7-8-18-9-11-19(12-10-18)20-21-13-16(2)14-22-20;1-13-3-7-15(8-4-13)11-12-16-9-5-14(2)6-10-16/h2*3,9-14,17H,4-8H2,1-2H3;3-5,7-8,16H,6,9-12H2,1-2H3. The Balaban J connectivity index is 0.000000153. The molecule has 3 aromatic carbocycles. The molecule has 60 heavy (non-hydrogen) atoms. The van der Waals surface area contributed by atoms with Crippen LogP contribution >= 0.6 is 0 Å². The number of allylic oxidation sites excluding steroid dienone is 6. The SMILES string of the molecule is CC1=CCC(CCc2ccc(-c3cnc(C)nc3)cc2)CC1.CC1=CCC(CCc2ccc(-c3ncc(C)cn3)cc2)CC1.CC1=CCC(CCc2ccc(C)cc2)CC1. The third-order valence-corrected chi connectivity index (χ3v) is 12.9. The summed E-state index contributed by atoms with van der Waals surface area (Å²) in [6.45, 7) is 12.8. The fourth-order valence-electron chi connectivity index (χ4n) is 8.48. The molecule has 4 heteroatoms. The van der Waals surface area contributed by atoms with Crippen LogP contribution in [0.4, 0.5) is 0 Å². The number of benzene rings is 3. The Morgan fingerprint density at radius 3 is 1.17 bits per heavy atom. The van der Waals surface area contributed by atoms with E-state index in [1.165, 1.54) is 124 Å². The lowest BCUT2D eigenvalue weighted by Gasteiger charge is -2.20. The molecule has 3 atom stereocenters. The van der Waals surface area contributed by atoms with Crippen molar-refractivity contribution in [2.75, 3.05) is 0 Å². The van der Waals surface area contributed by atoms with Crippen molar-refractivity contribution in [3.63, 3.8) is 0 Å². The molecule has 3 aliphatic rings. The average molecular weight is 799 g/mol. The van der Waals surface area contributed by atoms with Crippen LogP contribution in [-0.2, 0) is 19.3 Å². The largest absolute Gasteiger partial charge is 0.241 e. The van der Waals surface area contributed by atoms with Gasteiger partial charge in [-0.3, -0.25) is 0 Å². The third-order valence-electron chi connectivity index (χ3n) is 12.9. The molecule has 0 fully saturated rings. The van der Waals surface area contributed by atoms with E-state index in [1.54, 1.807) is 16.7 Å². The van der Waals surface area contributed by atoms with E-state index in [-0.39, 0.29) is 0 Å². The lowest BCUT2D eigenvalue weighted by atomic mass is 9.86.